The normalized spacial score (nSPS) is 12.4. The number of fused-ring (bicyclic) bond motifs is 1. The lowest BCUT2D eigenvalue weighted by atomic mass is 10.1. The number of aromatic nitrogens is 2. The lowest BCUT2D eigenvalue weighted by molar-refractivity contribution is 0.0934. The predicted octanol–water partition coefficient (Wildman–Crippen LogP) is 3.82. The van der Waals surface area contributed by atoms with Gasteiger partial charge in [-0.3, -0.25) is 9.59 Å². The third kappa shape index (κ3) is 3.93. The van der Waals surface area contributed by atoms with Gasteiger partial charge in [-0.05, 0) is 36.6 Å². The molecular weight excluding hydrogens is 364 g/mol. The summed E-state index contributed by atoms with van der Waals surface area (Å²) in [6.45, 7) is 5.95. The summed E-state index contributed by atoms with van der Waals surface area (Å²) in [7, 11) is 0. The van der Waals surface area contributed by atoms with Crippen molar-refractivity contribution in [2.24, 2.45) is 5.92 Å². The van der Waals surface area contributed by atoms with Gasteiger partial charge in [-0.1, -0.05) is 38.1 Å². The van der Waals surface area contributed by atoms with Crippen LogP contribution in [-0.4, -0.2) is 15.7 Å². The Kier molecular flexibility index (Phi) is 5.53. The average Bonchev–Trinajstić information content (AvgIpc) is 2.65. The van der Waals surface area contributed by atoms with Crippen LogP contribution in [0.3, 0.4) is 0 Å². The fourth-order valence-electron chi connectivity index (χ4n) is 3.00. The number of benzene rings is 2. The van der Waals surface area contributed by atoms with Crippen molar-refractivity contribution < 1.29 is 13.6 Å². The summed E-state index contributed by atoms with van der Waals surface area (Å²) in [5.74, 6) is -2.25. The summed E-state index contributed by atoms with van der Waals surface area (Å²) in [5.41, 5.74) is 0.284. The zero-order valence-electron chi connectivity index (χ0n) is 15.9. The van der Waals surface area contributed by atoms with E-state index in [9.17, 15) is 18.4 Å². The molecule has 1 unspecified atom stereocenters. The number of rotatable bonds is 5. The number of carbonyl (C=O) groups excluding carboxylic acids is 1. The first-order valence-electron chi connectivity index (χ1n) is 9.03. The van der Waals surface area contributed by atoms with Crippen molar-refractivity contribution in [1.82, 2.24) is 15.1 Å². The Labute approximate surface area is 161 Å². The largest absolute Gasteiger partial charge is 0.344 e. The van der Waals surface area contributed by atoms with Crippen LogP contribution in [0.15, 0.2) is 47.3 Å². The molecule has 2 aromatic carbocycles. The van der Waals surface area contributed by atoms with E-state index < -0.39 is 23.6 Å². The van der Waals surface area contributed by atoms with Crippen LogP contribution < -0.4 is 10.9 Å². The summed E-state index contributed by atoms with van der Waals surface area (Å²) >= 11 is 0. The molecule has 0 radical (unpaired) electrons. The van der Waals surface area contributed by atoms with Gasteiger partial charge in [0.2, 0.25) is 0 Å². The summed E-state index contributed by atoms with van der Waals surface area (Å²) in [4.78, 5) is 25.5. The first-order valence-corrected chi connectivity index (χ1v) is 9.03. The average molecular weight is 385 g/mol. The van der Waals surface area contributed by atoms with Crippen LogP contribution in [0.25, 0.3) is 10.8 Å². The van der Waals surface area contributed by atoms with Crippen LogP contribution in [-0.2, 0) is 6.54 Å². The topological polar surface area (TPSA) is 64.0 Å². The predicted molar refractivity (Wildman–Crippen MR) is 103 cm³/mol. The standard InChI is InChI=1S/C21H21F2N3O2/c1-12(2)11-26-21(28)16-7-5-4-6-15(16)19(25-26)20(27)24-13(3)14-8-9-17(22)18(23)10-14/h4-10,12-13H,11H2,1-3H3,(H,24,27). The van der Waals surface area contributed by atoms with Gasteiger partial charge in [-0.25, -0.2) is 13.5 Å². The maximum atomic E-state index is 13.5. The zero-order valence-corrected chi connectivity index (χ0v) is 15.9. The van der Waals surface area contributed by atoms with Gasteiger partial charge in [0.1, 0.15) is 0 Å². The van der Waals surface area contributed by atoms with Gasteiger partial charge in [0.25, 0.3) is 11.5 Å². The number of hydrogen-bond donors (Lipinski definition) is 1. The third-order valence-corrected chi connectivity index (χ3v) is 4.41. The van der Waals surface area contributed by atoms with Crippen molar-refractivity contribution in [3.8, 4) is 0 Å². The number of amides is 1. The van der Waals surface area contributed by atoms with Crippen LogP contribution >= 0.6 is 0 Å². The van der Waals surface area contributed by atoms with Crippen molar-refractivity contribution in [2.45, 2.75) is 33.4 Å². The zero-order chi connectivity index (χ0) is 20.4. The Bertz CT molecular complexity index is 1090. The molecule has 5 nitrogen and oxygen atoms in total. The molecule has 1 heterocycles. The minimum Gasteiger partial charge on any atom is -0.344 e. The van der Waals surface area contributed by atoms with E-state index in [2.05, 4.69) is 10.4 Å². The van der Waals surface area contributed by atoms with Crippen molar-refractivity contribution in [3.05, 3.63) is 75.7 Å². The van der Waals surface area contributed by atoms with Crippen LogP contribution in [0.2, 0.25) is 0 Å². The van der Waals surface area contributed by atoms with E-state index in [1.54, 1.807) is 31.2 Å². The Morgan fingerprint density at radius 3 is 2.39 bits per heavy atom. The van der Waals surface area contributed by atoms with Gasteiger partial charge in [0.15, 0.2) is 17.3 Å². The van der Waals surface area contributed by atoms with E-state index in [-0.39, 0.29) is 17.2 Å². The molecule has 7 heteroatoms. The van der Waals surface area contributed by atoms with Gasteiger partial charge < -0.3 is 5.32 Å². The molecule has 0 fully saturated rings. The lowest BCUT2D eigenvalue weighted by Gasteiger charge is -2.16. The van der Waals surface area contributed by atoms with Gasteiger partial charge in [-0.15, -0.1) is 0 Å². The molecule has 1 amide bonds. The number of hydrogen-bond acceptors (Lipinski definition) is 3. The highest BCUT2D eigenvalue weighted by Crippen LogP contribution is 2.18. The smallest absolute Gasteiger partial charge is 0.274 e. The number of carbonyl (C=O) groups is 1. The van der Waals surface area contributed by atoms with Crippen molar-refractivity contribution in [3.63, 3.8) is 0 Å². The van der Waals surface area contributed by atoms with Gasteiger partial charge in [0, 0.05) is 11.9 Å². The summed E-state index contributed by atoms with van der Waals surface area (Å²) in [5, 5.41) is 7.88. The highest BCUT2D eigenvalue weighted by atomic mass is 19.2. The quantitative estimate of drug-likeness (QED) is 0.726. The SMILES string of the molecule is CC(C)Cn1nc(C(=O)NC(C)c2ccc(F)c(F)c2)c2ccccc2c1=O. The lowest BCUT2D eigenvalue weighted by Crippen LogP contribution is -2.32. The fraction of sp³-hybridized carbons (Fsp3) is 0.286. The first kappa shape index (κ1) is 19.7. The Morgan fingerprint density at radius 1 is 1.07 bits per heavy atom. The van der Waals surface area contributed by atoms with Crippen LogP contribution in [0.5, 0.6) is 0 Å². The highest BCUT2D eigenvalue weighted by molar-refractivity contribution is 6.04. The molecule has 0 bridgehead atoms. The van der Waals surface area contributed by atoms with Gasteiger partial charge >= 0.3 is 0 Å². The molecule has 0 saturated carbocycles. The highest BCUT2D eigenvalue weighted by Gasteiger charge is 2.19. The fourth-order valence-corrected chi connectivity index (χ4v) is 3.00. The maximum absolute atomic E-state index is 13.5. The van der Waals surface area contributed by atoms with Gasteiger partial charge in [0.05, 0.1) is 11.4 Å². The van der Waals surface area contributed by atoms with E-state index in [4.69, 9.17) is 0 Å². The van der Waals surface area contributed by atoms with Crippen molar-refractivity contribution >= 4 is 16.7 Å². The molecule has 1 N–H and O–H groups in total. The molecule has 0 aliphatic carbocycles. The molecule has 3 rings (SSSR count). The molecule has 146 valence electrons. The molecule has 0 aliphatic rings. The third-order valence-electron chi connectivity index (χ3n) is 4.41. The van der Waals surface area contributed by atoms with Crippen LogP contribution in [0.1, 0.15) is 42.9 Å². The monoisotopic (exact) mass is 385 g/mol. The second-order valence-corrected chi connectivity index (χ2v) is 7.14. The van der Waals surface area contributed by atoms with Gasteiger partial charge in [-0.2, -0.15) is 5.10 Å². The molecular formula is C21H21F2N3O2. The van der Waals surface area contributed by atoms with E-state index in [0.29, 0.717) is 22.9 Å². The Morgan fingerprint density at radius 2 is 1.75 bits per heavy atom. The Balaban J connectivity index is 1.99. The summed E-state index contributed by atoms with van der Waals surface area (Å²) in [6.07, 6.45) is 0. The second kappa shape index (κ2) is 7.88. The second-order valence-electron chi connectivity index (χ2n) is 7.14. The van der Waals surface area contributed by atoms with E-state index in [1.165, 1.54) is 10.7 Å². The number of nitrogens with one attached hydrogen (secondary N) is 1. The maximum Gasteiger partial charge on any atom is 0.274 e. The molecule has 28 heavy (non-hydrogen) atoms. The molecule has 0 spiro atoms. The van der Waals surface area contributed by atoms with Crippen molar-refractivity contribution in [1.29, 1.82) is 0 Å². The molecule has 0 aliphatic heterocycles. The van der Waals surface area contributed by atoms with E-state index >= 15 is 0 Å². The molecule has 1 aromatic heterocycles. The minimum absolute atomic E-state index is 0.116. The molecule has 1 atom stereocenters. The van der Waals surface area contributed by atoms with E-state index in [1.807, 2.05) is 13.8 Å². The number of halogens is 2. The van der Waals surface area contributed by atoms with Crippen LogP contribution in [0.4, 0.5) is 8.78 Å². The van der Waals surface area contributed by atoms with Crippen LogP contribution in [0, 0.1) is 17.6 Å². The summed E-state index contributed by atoms with van der Waals surface area (Å²) in [6, 6.07) is 9.69. The molecule has 3 aromatic rings. The van der Waals surface area contributed by atoms with Crippen molar-refractivity contribution in [2.75, 3.05) is 0 Å². The Hall–Kier alpha value is -3.09. The number of nitrogens with zero attached hydrogens (tertiary/aromatic N) is 2. The van der Waals surface area contributed by atoms with E-state index in [0.717, 1.165) is 12.1 Å². The minimum atomic E-state index is -0.979. The molecule has 0 saturated heterocycles. The first-order chi connectivity index (χ1) is 13.3. The summed E-state index contributed by atoms with van der Waals surface area (Å²) < 4.78 is 27.9.